The molecule has 0 aromatic heterocycles. The smallest absolute Gasteiger partial charge is 0.158 e. The van der Waals surface area contributed by atoms with Crippen molar-refractivity contribution in [3.8, 4) is 5.75 Å². The lowest BCUT2D eigenvalue weighted by Crippen LogP contribution is -2.58. The Morgan fingerprint density at radius 2 is 2.00 bits per heavy atom. The highest BCUT2D eigenvalue weighted by Gasteiger charge is 2.44. The molecule has 0 N–H and O–H groups in total. The van der Waals surface area contributed by atoms with Crippen molar-refractivity contribution in [1.82, 2.24) is 0 Å². The summed E-state index contributed by atoms with van der Waals surface area (Å²) in [6.45, 7) is 5.71. The number of halogens is 1. The van der Waals surface area contributed by atoms with Crippen molar-refractivity contribution >= 4 is 15.9 Å². The second kappa shape index (κ2) is 4.14. The summed E-state index contributed by atoms with van der Waals surface area (Å²) in [6, 6.07) is 7.93. The molecule has 0 spiro atoms. The summed E-state index contributed by atoms with van der Waals surface area (Å²) < 4.78 is 12.3. The lowest BCUT2D eigenvalue weighted by Gasteiger charge is -2.44. The number of para-hydroxylation sites is 1. The topological polar surface area (TPSA) is 18.5 Å². The molecule has 0 amide bonds. The summed E-state index contributed by atoms with van der Waals surface area (Å²) in [5.41, 5.74) is -0.135. The van der Waals surface area contributed by atoms with E-state index in [1.54, 1.807) is 0 Å². The monoisotopic (exact) mass is 270 g/mol. The van der Waals surface area contributed by atoms with Gasteiger partial charge in [0.05, 0.1) is 17.7 Å². The zero-order valence-electron chi connectivity index (χ0n) is 9.00. The standard InChI is InChI=1S/C12H15BrO2/c1-9(2)12(7-14-8-12)15-11-6-4-3-5-10(11)13/h3-6,9H,7-8H2,1-2H3. The first-order valence-corrected chi connectivity index (χ1v) is 5.95. The summed E-state index contributed by atoms with van der Waals surface area (Å²) in [5, 5.41) is 0. The van der Waals surface area contributed by atoms with Crippen LogP contribution in [0.25, 0.3) is 0 Å². The van der Waals surface area contributed by atoms with E-state index < -0.39 is 0 Å². The van der Waals surface area contributed by atoms with Gasteiger partial charge in [0.15, 0.2) is 5.60 Å². The van der Waals surface area contributed by atoms with E-state index in [1.807, 2.05) is 24.3 Å². The van der Waals surface area contributed by atoms with Crippen LogP contribution in [-0.4, -0.2) is 18.8 Å². The summed E-state index contributed by atoms with van der Waals surface area (Å²) in [5.74, 6) is 1.35. The summed E-state index contributed by atoms with van der Waals surface area (Å²) in [4.78, 5) is 0. The van der Waals surface area contributed by atoms with Crippen molar-refractivity contribution in [3.63, 3.8) is 0 Å². The third kappa shape index (κ3) is 2.04. The third-order valence-corrected chi connectivity index (χ3v) is 3.55. The van der Waals surface area contributed by atoms with Gasteiger partial charge in [-0.2, -0.15) is 0 Å². The van der Waals surface area contributed by atoms with Crippen LogP contribution in [0, 0.1) is 5.92 Å². The highest BCUT2D eigenvalue weighted by Crippen LogP contribution is 2.35. The van der Waals surface area contributed by atoms with Crippen LogP contribution in [0.5, 0.6) is 5.75 Å². The van der Waals surface area contributed by atoms with Crippen molar-refractivity contribution in [2.75, 3.05) is 13.2 Å². The minimum absolute atomic E-state index is 0.135. The Hall–Kier alpha value is -0.540. The van der Waals surface area contributed by atoms with Crippen LogP contribution in [0.1, 0.15) is 13.8 Å². The molecule has 15 heavy (non-hydrogen) atoms. The van der Waals surface area contributed by atoms with E-state index in [1.165, 1.54) is 0 Å². The largest absolute Gasteiger partial charge is 0.481 e. The Kier molecular flexibility index (Phi) is 3.03. The highest BCUT2D eigenvalue weighted by atomic mass is 79.9. The van der Waals surface area contributed by atoms with Gasteiger partial charge in [-0.15, -0.1) is 0 Å². The van der Waals surface area contributed by atoms with Crippen molar-refractivity contribution in [2.45, 2.75) is 19.4 Å². The van der Waals surface area contributed by atoms with Crippen LogP contribution in [0.4, 0.5) is 0 Å². The quantitative estimate of drug-likeness (QED) is 0.840. The molecule has 1 aliphatic rings. The first-order chi connectivity index (χ1) is 7.14. The van der Waals surface area contributed by atoms with Crippen LogP contribution < -0.4 is 4.74 Å². The molecule has 1 aliphatic heterocycles. The molecule has 82 valence electrons. The molecule has 0 saturated carbocycles. The van der Waals surface area contributed by atoms with Gasteiger partial charge in [0.1, 0.15) is 5.75 Å². The zero-order valence-corrected chi connectivity index (χ0v) is 10.6. The SMILES string of the molecule is CC(C)C1(Oc2ccccc2Br)COC1. The summed E-state index contributed by atoms with van der Waals surface area (Å²) >= 11 is 3.49. The van der Waals surface area contributed by atoms with Crippen LogP contribution >= 0.6 is 15.9 Å². The average Bonchev–Trinajstić information content (AvgIpc) is 2.13. The maximum atomic E-state index is 6.06. The summed E-state index contributed by atoms with van der Waals surface area (Å²) in [6.07, 6.45) is 0. The molecular formula is C12H15BrO2. The fraction of sp³-hybridized carbons (Fsp3) is 0.500. The molecule has 0 aliphatic carbocycles. The molecule has 0 unspecified atom stereocenters. The van der Waals surface area contributed by atoms with E-state index >= 15 is 0 Å². The first-order valence-electron chi connectivity index (χ1n) is 5.15. The zero-order chi connectivity index (χ0) is 10.9. The first kappa shape index (κ1) is 11.0. The number of hydrogen-bond donors (Lipinski definition) is 0. The lowest BCUT2D eigenvalue weighted by atomic mass is 9.88. The Balaban J connectivity index is 2.17. The van der Waals surface area contributed by atoms with Crippen LogP contribution in [-0.2, 0) is 4.74 Å². The van der Waals surface area contributed by atoms with Crippen molar-refractivity contribution < 1.29 is 9.47 Å². The lowest BCUT2D eigenvalue weighted by molar-refractivity contribution is -0.184. The Morgan fingerprint density at radius 1 is 1.33 bits per heavy atom. The predicted octanol–water partition coefficient (Wildman–Crippen LogP) is 3.25. The van der Waals surface area contributed by atoms with Gasteiger partial charge in [0, 0.05) is 0 Å². The van der Waals surface area contributed by atoms with Gasteiger partial charge in [-0.1, -0.05) is 26.0 Å². The number of benzene rings is 1. The third-order valence-electron chi connectivity index (χ3n) is 2.89. The molecular weight excluding hydrogens is 256 g/mol. The number of ether oxygens (including phenoxy) is 2. The molecule has 0 bridgehead atoms. The van der Waals surface area contributed by atoms with Crippen molar-refractivity contribution in [2.24, 2.45) is 5.92 Å². The second-order valence-electron chi connectivity index (χ2n) is 4.24. The van der Waals surface area contributed by atoms with E-state index in [0.717, 1.165) is 10.2 Å². The molecule has 3 heteroatoms. The van der Waals surface area contributed by atoms with Gasteiger partial charge in [-0.3, -0.25) is 0 Å². The Bertz CT molecular complexity index is 345. The van der Waals surface area contributed by atoms with Crippen LogP contribution in [0.3, 0.4) is 0 Å². The molecule has 1 fully saturated rings. The van der Waals surface area contributed by atoms with Gasteiger partial charge in [-0.05, 0) is 34.0 Å². The normalized spacial score (nSPS) is 18.7. The van der Waals surface area contributed by atoms with Crippen molar-refractivity contribution in [3.05, 3.63) is 28.7 Å². The molecule has 0 radical (unpaired) electrons. The molecule has 0 atom stereocenters. The predicted molar refractivity (Wildman–Crippen MR) is 63.2 cm³/mol. The van der Waals surface area contributed by atoms with E-state index in [0.29, 0.717) is 19.1 Å². The minimum Gasteiger partial charge on any atom is -0.481 e. The second-order valence-corrected chi connectivity index (χ2v) is 5.10. The van der Waals surface area contributed by atoms with Gasteiger partial charge in [0.25, 0.3) is 0 Å². The molecule has 1 aromatic carbocycles. The Morgan fingerprint density at radius 3 is 2.47 bits per heavy atom. The van der Waals surface area contributed by atoms with Gasteiger partial charge >= 0.3 is 0 Å². The maximum absolute atomic E-state index is 6.06. The fourth-order valence-corrected chi connectivity index (χ4v) is 1.93. The summed E-state index contributed by atoms with van der Waals surface area (Å²) in [7, 11) is 0. The van der Waals surface area contributed by atoms with E-state index in [4.69, 9.17) is 9.47 Å². The van der Waals surface area contributed by atoms with Crippen LogP contribution in [0.2, 0.25) is 0 Å². The van der Waals surface area contributed by atoms with Gasteiger partial charge < -0.3 is 9.47 Å². The number of hydrogen-bond acceptors (Lipinski definition) is 2. The fourth-order valence-electron chi connectivity index (χ4n) is 1.56. The van der Waals surface area contributed by atoms with Gasteiger partial charge in [-0.25, -0.2) is 0 Å². The molecule has 1 heterocycles. The molecule has 1 aromatic rings. The van der Waals surface area contributed by atoms with Crippen LogP contribution in [0.15, 0.2) is 28.7 Å². The van der Waals surface area contributed by atoms with E-state index in [9.17, 15) is 0 Å². The number of rotatable bonds is 3. The van der Waals surface area contributed by atoms with Crippen molar-refractivity contribution in [1.29, 1.82) is 0 Å². The molecule has 2 nitrogen and oxygen atoms in total. The minimum atomic E-state index is -0.135. The highest BCUT2D eigenvalue weighted by molar-refractivity contribution is 9.10. The average molecular weight is 271 g/mol. The molecule has 1 saturated heterocycles. The maximum Gasteiger partial charge on any atom is 0.158 e. The Labute approximate surface area is 98.7 Å². The van der Waals surface area contributed by atoms with E-state index in [-0.39, 0.29) is 5.60 Å². The molecule has 2 rings (SSSR count). The van der Waals surface area contributed by atoms with E-state index in [2.05, 4.69) is 29.8 Å². The van der Waals surface area contributed by atoms with Gasteiger partial charge in [0.2, 0.25) is 0 Å².